The quantitative estimate of drug-likeness (QED) is 0.746. The van der Waals surface area contributed by atoms with Gasteiger partial charge in [-0.25, -0.2) is 0 Å². The van der Waals surface area contributed by atoms with Crippen LogP contribution in [0.1, 0.15) is 13.3 Å². The van der Waals surface area contributed by atoms with Gasteiger partial charge in [0.15, 0.2) is 0 Å². The molecule has 0 aliphatic rings. The van der Waals surface area contributed by atoms with Crippen molar-refractivity contribution in [2.24, 2.45) is 5.92 Å². The molecule has 1 rings (SSSR count). The first kappa shape index (κ1) is 15.8. The summed E-state index contributed by atoms with van der Waals surface area (Å²) in [5.74, 6) is -0.352. The average Bonchev–Trinajstić information content (AvgIpc) is 2.34. The van der Waals surface area contributed by atoms with E-state index >= 15 is 0 Å². The van der Waals surface area contributed by atoms with Crippen LogP contribution in [0.4, 0.5) is 0 Å². The molecule has 0 saturated heterocycles. The van der Waals surface area contributed by atoms with Crippen molar-refractivity contribution in [1.82, 2.24) is 4.90 Å². The Kier molecular flexibility index (Phi) is 6.67. The smallest absolute Gasteiger partial charge is 0.307 e. The van der Waals surface area contributed by atoms with Crippen molar-refractivity contribution in [3.05, 3.63) is 29.3 Å². The molecule has 5 heteroatoms. The molecule has 0 amide bonds. The molecule has 19 heavy (non-hydrogen) atoms. The number of carbonyl (C=O) groups is 1. The summed E-state index contributed by atoms with van der Waals surface area (Å²) in [6, 6.07) is 7.29. The lowest BCUT2D eigenvalue weighted by atomic mass is 10.2. The first-order valence-corrected chi connectivity index (χ1v) is 6.66. The maximum absolute atomic E-state index is 10.7. The first-order valence-electron chi connectivity index (χ1n) is 6.28. The van der Waals surface area contributed by atoms with Gasteiger partial charge in [0.05, 0.1) is 12.5 Å². The topological polar surface area (TPSA) is 49.8 Å². The number of benzene rings is 1. The number of ether oxygens (including phenoxy) is 1. The van der Waals surface area contributed by atoms with Crippen LogP contribution < -0.4 is 4.74 Å². The van der Waals surface area contributed by atoms with Gasteiger partial charge in [0.25, 0.3) is 0 Å². The zero-order valence-corrected chi connectivity index (χ0v) is 12.1. The molecule has 4 nitrogen and oxygen atoms in total. The number of carboxylic acid groups (broad SMARTS) is 1. The fourth-order valence-electron chi connectivity index (χ4n) is 1.72. The third-order valence-corrected chi connectivity index (χ3v) is 2.99. The van der Waals surface area contributed by atoms with E-state index < -0.39 is 5.97 Å². The SMILES string of the molecule is CC(CN(C)CCCOc1cccc(Cl)c1)C(=O)O. The third kappa shape index (κ3) is 6.45. The third-order valence-electron chi connectivity index (χ3n) is 2.76. The molecule has 0 saturated carbocycles. The molecule has 0 aromatic heterocycles. The van der Waals surface area contributed by atoms with Crippen LogP contribution in [0.15, 0.2) is 24.3 Å². The fourth-order valence-corrected chi connectivity index (χ4v) is 1.90. The van der Waals surface area contributed by atoms with Crippen LogP contribution in [0.2, 0.25) is 5.02 Å². The first-order chi connectivity index (χ1) is 8.99. The lowest BCUT2D eigenvalue weighted by Gasteiger charge is -2.18. The molecule has 0 heterocycles. The van der Waals surface area contributed by atoms with Crippen LogP contribution in [0.5, 0.6) is 5.75 Å². The van der Waals surface area contributed by atoms with E-state index in [1.807, 2.05) is 24.1 Å². The Morgan fingerprint density at radius 2 is 2.26 bits per heavy atom. The largest absolute Gasteiger partial charge is 0.493 e. The molecular weight excluding hydrogens is 266 g/mol. The second-order valence-electron chi connectivity index (χ2n) is 4.66. The summed E-state index contributed by atoms with van der Waals surface area (Å²) in [7, 11) is 1.92. The normalized spacial score (nSPS) is 12.4. The molecule has 1 aromatic rings. The van der Waals surface area contributed by atoms with Gasteiger partial charge in [0.1, 0.15) is 5.75 Å². The molecule has 106 valence electrons. The summed E-state index contributed by atoms with van der Waals surface area (Å²) in [5.41, 5.74) is 0. The number of hydrogen-bond acceptors (Lipinski definition) is 3. The van der Waals surface area contributed by atoms with Gasteiger partial charge in [0.2, 0.25) is 0 Å². The zero-order chi connectivity index (χ0) is 14.3. The predicted molar refractivity (Wildman–Crippen MR) is 75.9 cm³/mol. The number of nitrogens with zero attached hydrogens (tertiary/aromatic N) is 1. The van der Waals surface area contributed by atoms with Crippen molar-refractivity contribution < 1.29 is 14.6 Å². The van der Waals surface area contributed by atoms with Crippen LogP contribution in [0, 0.1) is 5.92 Å². The highest BCUT2D eigenvalue weighted by molar-refractivity contribution is 6.30. The van der Waals surface area contributed by atoms with Gasteiger partial charge in [-0.15, -0.1) is 0 Å². The van der Waals surface area contributed by atoms with E-state index in [4.69, 9.17) is 21.4 Å². The van der Waals surface area contributed by atoms with E-state index in [1.165, 1.54) is 0 Å². The molecule has 1 aromatic carbocycles. The molecule has 0 spiro atoms. The van der Waals surface area contributed by atoms with Crippen LogP contribution in [0.3, 0.4) is 0 Å². The van der Waals surface area contributed by atoms with Crippen LogP contribution in [-0.2, 0) is 4.79 Å². The molecule has 0 aliphatic heterocycles. The van der Waals surface area contributed by atoms with Gasteiger partial charge in [0, 0.05) is 18.1 Å². The van der Waals surface area contributed by atoms with Crippen molar-refractivity contribution in [1.29, 1.82) is 0 Å². The van der Waals surface area contributed by atoms with Crippen LogP contribution in [0.25, 0.3) is 0 Å². The molecule has 0 fully saturated rings. The van der Waals surface area contributed by atoms with Crippen molar-refractivity contribution in [2.45, 2.75) is 13.3 Å². The summed E-state index contributed by atoms with van der Waals surface area (Å²) in [6.45, 7) is 3.65. The summed E-state index contributed by atoms with van der Waals surface area (Å²) in [4.78, 5) is 12.7. The molecule has 1 atom stereocenters. The van der Waals surface area contributed by atoms with E-state index in [1.54, 1.807) is 19.1 Å². The van der Waals surface area contributed by atoms with E-state index in [-0.39, 0.29) is 5.92 Å². The van der Waals surface area contributed by atoms with E-state index in [2.05, 4.69) is 0 Å². The number of aliphatic carboxylic acids is 1. The monoisotopic (exact) mass is 285 g/mol. The van der Waals surface area contributed by atoms with Gasteiger partial charge >= 0.3 is 5.97 Å². The number of rotatable bonds is 8. The molecule has 1 N–H and O–H groups in total. The van der Waals surface area contributed by atoms with E-state index in [0.717, 1.165) is 18.7 Å². The molecule has 0 radical (unpaired) electrons. The van der Waals surface area contributed by atoms with E-state index in [9.17, 15) is 4.79 Å². The van der Waals surface area contributed by atoms with E-state index in [0.29, 0.717) is 18.2 Å². The van der Waals surface area contributed by atoms with Gasteiger partial charge in [-0.2, -0.15) is 0 Å². The Hall–Kier alpha value is -1.26. The lowest BCUT2D eigenvalue weighted by molar-refractivity contribution is -0.141. The van der Waals surface area contributed by atoms with Gasteiger partial charge < -0.3 is 14.7 Å². The minimum atomic E-state index is -0.762. The van der Waals surface area contributed by atoms with Crippen LogP contribution in [-0.4, -0.2) is 42.7 Å². The highest BCUT2D eigenvalue weighted by Gasteiger charge is 2.12. The van der Waals surface area contributed by atoms with Crippen LogP contribution >= 0.6 is 11.6 Å². The lowest BCUT2D eigenvalue weighted by Crippen LogP contribution is -2.30. The predicted octanol–water partition coefficient (Wildman–Crippen LogP) is 2.76. The summed E-state index contributed by atoms with van der Waals surface area (Å²) in [5, 5.41) is 9.47. The molecule has 0 aliphatic carbocycles. The Morgan fingerprint density at radius 3 is 2.89 bits per heavy atom. The van der Waals surface area contributed by atoms with Crippen molar-refractivity contribution in [2.75, 3.05) is 26.7 Å². The second-order valence-corrected chi connectivity index (χ2v) is 5.10. The van der Waals surface area contributed by atoms with Crippen molar-refractivity contribution in [3.8, 4) is 5.75 Å². The highest BCUT2D eigenvalue weighted by Crippen LogP contribution is 2.17. The standard InChI is InChI=1S/C14H20ClNO3/c1-11(14(17)18)10-16(2)7-4-8-19-13-6-3-5-12(15)9-13/h3,5-6,9,11H,4,7-8,10H2,1-2H3,(H,17,18). The maximum atomic E-state index is 10.7. The van der Waals surface area contributed by atoms with Gasteiger partial charge in [-0.1, -0.05) is 24.6 Å². The Balaban J connectivity index is 2.18. The number of halogens is 1. The minimum absolute atomic E-state index is 0.348. The maximum Gasteiger partial charge on any atom is 0.307 e. The van der Waals surface area contributed by atoms with Crippen molar-refractivity contribution in [3.63, 3.8) is 0 Å². The Bertz CT molecular complexity index is 411. The fraction of sp³-hybridized carbons (Fsp3) is 0.500. The van der Waals surface area contributed by atoms with Gasteiger partial charge in [-0.3, -0.25) is 4.79 Å². The summed E-state index contributed by atoms with van der Waals surface area (Å²) < 4.78 is 5.56. The molecular formula is C14H20ClNO3. The number of hydrogen-bond donors (Lipinski definition) is 1. The average molecular weight is 286 g/mol. The molecule has 1 unspecified atom stereocenters. The Morgan fingerprint density at radius 1 is 1.53 bits per heavy atom. The van der Waals surface area contributed by atoms with Crippen molar-refractivity contribution >= 4 is 17.6 Å². The summed E-state index contributed by atoms with van der Waals surface area (Å²) in [6.07, 6.45) is 0.843. The zero-order valence-electron chi connectivity index (χ0n) is 11.3. The highest BCUT2D eigenvalue weighted by atomic mass is 35.5. The minimum Gasteiger partial charge on any atom is -0.493 e. The second kappa shape index (κ2) is 8.02. The Labute approximate surface area is 118 Å². The summed E-state index contributed by atoms with van der Waals surface area (Å²) >= 11 is 5.85. The van der Waals surface area contributed by atoms with Gasteiger partial charge in [-0.05, 0) is 31.7 Å². The number of carboxylic acids is 1. The molecule has 0 bridgehead atoms.